The molecular weight excluding hydrogens is 472 g/mol. The van der Waals surface area contributed by atoms with Crippen LogP contribution in [0.25, 0.3) is 0 Å². The Balaban J connectivity index is 1.23. The fourth-order valence-electron chi connectivity index (χ4n) is 4.64. The van der Waals surface area contributed by atoms with E-state index in [4.69, 9.17) is 4.74 Å². The van der Waals surface area contributed by atoms with Gasteiger partial charge in [-0.25, -0.2) is 4.79 Å². The minimum absolute atomic E-state index is 0.279. The summed E-state index contributed by atoms with van der Waals surface area (Å²) in [6, 6.07) is 11.2. The Morgan fingerprint density at radius 1 is 0.944 bits per heavy atom. The molecule has 0 radical (unpaired) electrons. The summed E-state index contributed by atoms with van der Waals surface area (Å²) in [5, 5.41) is 5.71. The maximum atomic E-state index is 12.3. The van der Waals surface area contributed by atoms with Crippen molar-refractivity contribution >= 4 is 35.0 Å². The third-order valence-electron chi connectivity index (χ3n) is 6.56. The number of amides is 2. The number of pyridine rings is 1. The molecular formula is C27H34N6O2S. The third kappa shape index (κ3) is 6.81. The van der Waals surface area contributed by atoms with Gasteiger partial charge in [0.25, 0.3) is 0 Å². The zero-order valence-corrected chi connectivity index (χ0v) is 21.4. The number of benzene rings is 1. The van der Waals surface area contributed by atoms with Crippen LogP contribution in [0.4, 0.5) is 21.9 Å². The van der Waals surface area contributed by atoms with Crippen molar-refractivity contribution in [3.05, 3.63) is 71.7 Å². The van der Waals surface area contributed by atoms with Crippen LogP contribution < -0.4 is 14.9 Å². The number of ether oxygens (including phenoxy) is 1. The number of urea groups is 1. The first-order valence-electron chi connectivity index (χ1n) is 12.8. The van der Waals surface area contributed by atoms with E-state index in [1.807, 2.05) is 12.1 Å². The van der Waals surface area contributed by atoms with Crippen LogP contribution in [0.3, 0.4) is 0 Å². The summed E-state index contributed by atoms with van der Waals surface area (Å²) in [5.74, 6) is 0. The lowest BCUT2D eigenvalue weighted by Gasteiger charge is -2.34. The van der Waals surface area contributed by atoms with E-state index < -0.39 is 0 Å². The van der Waals surface area contributed by atoms with Crippen LogP contribution in [-0.2, 0) is 4.74 Å². The summed E-state index contributed by atoms with van der Waals surface area (Å²) in [7, 11) is 0. The molecule has 1 aromatic carbocycles. The number of likely N-dealkylation sites (tertiary alicyclic amines) is 1. The first-order valence-corrected chi connectivity index (χ1v) is 13.5. The monoisotopic (exact) mass is 506 g/mol. The lowest BCUT2D eigenvalue weighted by molar-refractivity contribution is 0.0552. The van der Waals surface area contributed by atoms with E-state index in [-0.39, 0.29) is 6.03 Å². The molecule has 0 aliphatic carbocycles. The van der Waals surface area contributed by atoms with E-state index in [0.717, 1.165) is 44.1 Å². The summed E-state index contributed by atoms with van der Waals surface area (Å²) in [6.45, 7) is 7.04. The number of carbonyl (C=O) groups is 1. The van der Waals surface area contributed by atoms with Gasteiger partial charge in [-0.2, -0.15) is 0 Å². The average Bonchev–Trinajstić information content (AvgIpc) is 3.44. The minimum atomic E-state index is -0.279. The van der Waals surface area contributed by atoms with Crippen LogP contribution in [0.1, 0.15) is 25.7 Å². The Bertz CT molecular complexity index is 1060. The first-order chi connectivity index (χ1) is 17.7. The van der Waals surface area contributed by atoms with Crippen molar-refractivity contribution < 1.29 is 9.53 Å². The molecule has 0 bridgehead atoms. The van der Waals surface area contributed by atoms with Crippen molar-refractivity contribution in [2.75, 3.05) is 60.9 Å². The zero-order chi connectivity index (χ0) is 24.6. The van der Waals surface area contributed by atoms with E-state index in [1.165, 1.54) is 49.5 Å². The highest BCUT2D eigenvalue weighted by atomic mass is 32.2. The van der Waals surface area contributed by atoms with Gasteiger partial charge in [0.1, 0.15) is 0 Å². The van der Waals surface area contributed by atoms with Gasteiger partial charge in [-0.1, -0.05) is 0 Å². The number of nitrogens with zero attached hydrogens (tertiary/aromatic N) is 4. The van der Waals surface area contributed by atoms with Crippen molar-refractivity contribution in [2.24, 2.45) is 0 Å². The molecule has 2 N–H and O–H groups in total. The van der Waals surface area contributed by atoms with Crippen molar-refractivity contribution in [1.29, 1.82) is 0 Å². The van der Waals surface area contributed by atoms with Crippen molar-refractivity contribution in [3.63, 3.8) is 0 Å². The van der Waals surface area contributed by atoms with Crippen molar-refractivity contribution in [3.8, 4) is 0 Å². The van der Waals surface area contributed by atoms with Crippen LogP contribution in [0, 0.1) is 0 Å². The van der Waals surface area contributed by atoms with Gasteiger partial charge in [-0.3, -0.25) is 9.29 Å². The minimum Gasteiger partial charge on any atom is -0.378 e. The number of hydrogen-bond acceptors (Lipinski definition) is 7. The molecule has 0 unspecified atom stereocenters. The SMILES string of the molecule is O=C(Nc1ccncc1)Nc1ccc(N2C=C(N3CCOCC3)C=C(CCCN3CCCC3)S2)cc1. The molecule has 0 saturated carbocycles. The number of carbonyl (C=O) groups excluding carboxylic acids is 1. The van der Waals surface area contributed by atoms with Gasteiger partial charge in [-0.05, 0) is 99.7 Å². The molecule has 1 aromatic heterocycles. The zero-order valence-electron chi connectivity index (χ0n) is 20.6. The number of anilines is 3. The fourth-order valence-corrected chi connectivity index (χ4v) is 5.69. The number of hydrogen-bond donors (Lipinski definition) is 2. The molecule has 0 spiro atoms. The fraction of sp³-hybridized carbons (Fsp3) is 0.407. The lowest BCUT2D eigenvalue weighted by Crippen LogP contribution is -2.36. The topological polar surface area (TPSA) is 73.0 Å². The molecule has 36 heavy (non-hydrogen) atoms. The molecule has 5 rings (SSSR count). The van der Waals surface area contributed by atoms with Gasteiger partial charge in [0.2, 0.25) is 0 Å². The van der Waals surface area contributed by atoms with Crippen LogP contribution in [0.2, 0.25) is 0 Å². The van der Waals surface area contributed by atoms with Gasteiger partial charge in [-0.15, -0.1) is 0 Å². The quantitative estimate of drug-likeness (QED) is 0.481. The van der Waals surface area contributed by atoms with Gasteiger partial charge in [0.15, 0.2) is 0 Å². The summed E-state index contributed by atoms with van der Waals surface area (Å²) < 4.78 is 7.82. The second-order valence-corrected chi connectivity index (χ2v) is 10.3. The third-order valence-corrected chi connectivity index (χ3v) is 7.63. The van der Waals surface area contributed by atoms with Gasteiger partial charge in [0.05, 0.1) is 24.6 Å². The Hall–Kier alpha value is -3.01. The molecule has 2 fully saturated rings. The lowest BCUT2D eigenvalue weighted by atomic mass is 10.2. The van der Waals surface area contributed by atoms with E-state index in [9.17, 15) is 4.79 Å². The Morgan fingerprint density at radius 3 is 2.36 bits per heavy atom. The summed E-state index contributed by atoms with van der Waals surface area (Å²) in [4.78, 5) is 22.7. The van der Waals surface area contributed by atoms with Gasteiger partial charge in [0, 0.05) is 48.0 Å². The molecule has 2 amide bonds. The predicted octanol–water partition coefficient (Wildman–Crippen LogP) is 5.13. The largest absolute Gasteiger partial charge is 0.378 e. The highest BCUT2D eigenvalue weighted by Gasteiger charge is 2.21. The second kappa shape index (κ2) is 12.3. The van der Waals surface area contributed by atoms with Gasteiger partial charge < -0.3 is 25.2 Å². The normalized spacial score (nSPS) is 18.6. The van der Waals surface area contributed by atoms with Gasteiger partial charge >= 0.3 is 6.03 Å². The molecule has 2 aromatic rings. The molecule has 4 heterocycles. The first kappa shape index (κ1) is 24.7. The average molecular weight is 507 g/mol. The Kier molecular flexibility index (Phi) is 8.43. The summed E-state index contributed by atoms with van der Waals surface area (Å²) in [5.41, 5.74) is 3.77. The van der Waals surface area contributed by atoms with Crippen molar-refractivity contribution in [1.82, 2.24) is 14.8 Å². The van der Waals surface area contributed by atoms with E-state index >= 15 is 0 Å². The molecule has 9 heteroatoms. The second-order valence-electron chi connectivity index (χ2n) is 9.20. The van der Waals surface area contributed by atoms with Crippen LogP contribution in [-0.4, -0.2) is 66.8 Å². The predicted molar refractivity (Wildman–Crippen MR) is 147 cm³/mol. The van der Waals surface area contributed by atoms with Crippen molar-refractivity contribution in [2.45, 2.75) is 25.7 Å². The van der Waals surface area contributed by atoms with E-state index in [0.29, 0.717) is 5.69 Å². The van der Waals surface area contributed by atoms with E-state index in [2.05, 4.69) is 54.1 Å². The Labute approximate surface area is 217 Å². The van der Waals surface area contributed by atoms with Crippen LogP contribution >= 0.6 is 11.9 Å². The number of nitrogens with one attached hydrogen (secondary N) is 2. The molecule has 3 aliphatic heterocycles. The van der Waals surface area contributed by atoms with E-state index in [1.54, 1.807) is 36.5 Å². The molecule has 3 aliphatic rings. The summed E-state index contributed by atoms with van der Waals surface area (Å²) >= 11 is 1.79. The number of allylic oxidation sites excluding steroid dienone is 2. The maximum Gasteiger partial charge on any atom is 0.323 e. The number of morpholine rings is 1. The molecule has 0 atom stereocenters. The van der Waals surface area contributed by atoms with Crippen LogP contribution in [0.5, 0.6) is 0 Å². The summed E-state index contributed by atoms with van der Waals surface area (Å²) in [6.07, 6.45) is 12.8. The highest BCUT2D eigenvalue weighted by molar-refractivity contribution is 8.04. The smallest absolute Gasteiger partial charge is 0.323 e. The Morgan fingerprint density at radius 2 is 1.64 bits per heavy atom. The molecule has 190 valence electrons. The number of rotatable bonds is 8. The molecule has 8 nitrogen and oxygen atoms in total. The highest BCUT2D eigenvalue weighted by Crippen LogP contribution is 2.37. The van der Waals surface area contributed by atoms with Crippen LogP contribution in [0.15, 0.2) is 71.7 Å². The standard InChI is InChI=1S/C27H34N6O2S/c34-27(30-23-9-11-28-12-10-23)29-22-5-7-24(8-6-22)33-21-25(32-16-18-35-19-17-32)20-26(36-33)4-3-15-31-13-1-2-14-31/h5-12,20-21H,1-4,13-19H2,(H2,28,29,30,34). The maximum absolute atomic E-state index is 12.3. The molecule has 2 saturated heterocycles. The number of aromatic nitrogens is 1.